The number of alkyl halides is 3. The fraction of sp³-hybridized carbons (Fsp3) is 0.167. The zero-order chi connectivity index (χ0) is 24.4. The summed E-state index contributed by atoms with van der Waals surface area (Å²) in [6.07, 6.45) is 0.500. The van der Waals surface area contributed by atoms with E-state index in [0.29, 0.717) is 22.1 Å². The van der Waals surface area contributed by atoms with E-state index in [9.17, 15) is 18.3 Å². The third-order valence-corrected chi connectivity index (χ3v) is 5.16. The Morgan fingerprint density at radius 1 is 1.12 bits per heavy atom. The van der Waals surface area contributed by atoms with E-state index in [2.05, 4.69) is 23.4 Å². The van der Waals surface area contributed by atoms with Crippen molar-refractivity contribution in [2.75, 3.05) is 0 Å². The first-order valence-electron chi connectivity index (χ1n) is 9.77. The summed E-state index contributed by atoms with van der Waals surface area (Å²) in [5.74, 6) is -0.329. The maximum atomic E-state index is 13.3. The second-order valence-electron chi connectivity index (χ2n) is 7.24. The van der Waals surface area contributed by atoms with Crippen molar-refractivity contribution < 1.29 is 23.0 Å². The van der Waals surface area contributed by atoms with Crippen LogP contribution in [0.3, 0.4) is 0 Å². The number of aromatic nitrogens is 3. The number of halogens is 4. The van der Waals surface area contributed by atoms with Gasteiger partial charge in [0, 0.05) is 10.6 Å². The third-order valence-electron chi connectivity index (χ3n) is 4.93. The molecule has 5 nitrogen and oxygen atoms in total. The van der Waals surface area contributed by atoms with Gasteiger partial charge in [-0.3, -0.25) is 0 Å². The van der Waals surface area contributed by atoms with Crippen LogP contribution in [0.2, 0.25) is 5.02 Å². The number of aliphatic hydroxyl groups is 1. The van der Waals surface area contributed by atoms with Crippen molar-refractivity contribution in [2.45, 2.75) is 25.6 Å². The van der Waals surface area contributed by atoms with Crippen molar-refractivity contribution in [3.05, 3.63) is 95.0 Å². The van der Waals surface area contributed by atoms with Crippen LogP contribution in [0.5, 0.6) is 5.75 Å². The number of hydrogen-bond acceptors (Lipinski definition) is 4. The lowest BCUT2D eigenvalue weighted by atomic mass is 9.92. The minimum absolute atomic E-state index is 0.0561. The van der Waals surface area contributed by atoms with Crippen LogP contribution in [0, 0.1) is 0 Å². The summed E-state index contributed by atoms with van der Waals surface area (Å²) in [5.41, 5.74) is -1.18. The molecular weight excluding hydrogens is 455 g/mol. The minimum atomic E-state index is -4.57. The Hall–Kier alpha value is -3.52. The van der Waals surface area contributed by atoms with Gasteiger partial charge in [0.15, 0.2) is 5.60 Å². The lowest BCUT2D eigenvalue weighted by Gasteiger charge is -2.31. The molecule has 0 fully saturated rings. The Morgan fingerprint density at radius 2 is 1.79 bits per heavy atom. The molecule has 1 atom stereocenters. The maximum absolute atomic E-state index is 13.3. The van der Waals surface area contributed by atoms with E-state index < -0.39 is 23.1 Å². The second kappa shape index (κ2) is 9.15. The molecule has 172 valence electrons. The highest BCUT2D eigenvalue weighted by Crippen LogP contribution is 2.39. The fourth-order valence-electron chi connectivity index (χ4n) is 3.09. The van der Waals surface area contributed by atoms with Crippen molar-refractivity contribution in [3.8, 4) is 11.4 Å². The van der Waals surface area contributed by atoms with Gasteiger partial charge in [-0.1, -0.05) is 43.0 Å². The molecule has 0 saturated heterocycles. The van der Waals surface area contributed by atoms with Crippen LogP contribution in [0.15, 0.2) is 67.5 Å². The average molecular weight is 476 g/mol. The molecule has 0 radical (unpaired) electrons. The normalized spacial score (nSPS) is 13.6. The van der Waals surface area contributed by atoms with Crippen LogP contribution < -0.4 is 4.74 Å². The number of hydrogen-bond donors (Lipinski definition) is 1. The quantitative estimate of drug-likeness (QED) is 0.374. The summed E-state index contributed by atoms with van der Waals surface area (Å²) in [5, 5.41) is 19.5. The van der Waals surface area contributed by atoms with Gasteiger partial charge in [0.25, 0.3) is 0 Å². The highest BCUT2D eigenvalue weighted by atomic mass is 35.5. The Kier molecular flexibility index (Phi) is 6.69. The van der Waals surface area contributed by atoms with E-state index >= 15 is 0 Å². The zero-order valence-corrected chi connectivity index (χ0v) is 18.7. The van der Waals surface area contributed by atoms with Gasteiger partial charge in [-0.05, 0) is 56.3 Å². The molecule has 3 rings (SSSR count). The number of ether oxygens (including phenoxy) is 1. The van der Waals surface area contributed by atoms with E-state index in [4.69, 9.17) is 16.3 Å². The Bertz CT molecular complexity index is 1230. The molecule has 0 amide bonds. The van der Waals surface area contributed by atoms with Crippen LogP contribution >= 0.6 is 11.6 Å². The molecule has 0 bridgehead atoms. The van der Waals surface area contributed by atoms with Gasteiger partial charge >= 0.3 is 6.18 Å². The monoisotopic (exact) mass is 475 g/mol. The largest absolute Gasteiger partial charge is 0.508 e. The topological polar surface area (TPSA) is 60.2 Å². The third kappa shape index (κ3) is 4.96. The van der Waals surface area contributed by atoms with Gasteiger partial charge in [0.2, 0.25) is 0 Å². The summed E-state index contributed by atoms with van der Waals surface area (Å²) >= 11 is 6.18. The number of nitrogens with zero attached hydrogens (tertiary/aromatic N) is 3. The standard InChI is InChI=1S/C24H21ClF3N3O2/c1-5-8-20-19(6-2)29-31(30-20)21-14-18(25)11-12-22(21)33-23(4,15(3)32)16-9-7-10-17(13-16)24(26,27)28/h5-14,32H,2-3H2,1,4H3/b8-5-. The molecule has 0 spiro atoms. The van der Waals surface area contributed by atoms with Crippen molar-refractivity contribution in [2.24, 2.45) is 0 Å². The van der Waals surface area contributed by atoms with Crippen LogP contribution in [-0.4, -0.2) is 20.1 Å². The number of rotatable bonds is 7. The summed E-state index contributed by atoms with van der Waals surface area (Å²) in [6, 6.07) is 9.08. The van der Waals surface area contributed by atoms with Gasteiger partial charge in [-0.2, -0.15) is 13.2 Å². The molecule has 0 aliphatic heterocycles. The summed E-state index contributed by atoms with van der Waals surface area (Å²) in [6.45, 7) is 10.5. The van der Waals surface area contributed by atoms with Gasteiger partial charge in [0.05, 0.1) is 5.56 Å². The molecule has 1 heterocycles. The van der Waals surface area contributed by atoms with E-state index in [1.165, 1.54) is 48.1 Å². The highest BCUT2D eigenvalue weighted by molar-refractivity contribution is 6.30. The van der Waals surface area contributed by atoms with Crippen LogP contribution in [0.4, 0.5) is 13.2 Å². The smallest absolute Gasteiger partial charge is 0.416 e. The van der Waals surface area contributed by atoms with Gasteiger partial charge in [0.1, 0.15) is 28.6 Å². The van der Waals surface area contributed by atoms with E-state index in [0.717, 1.165) is 12.1 Å². The summed E-state index contributed by atoms with van der Waals surface area (Å²) < 4.78 is 45.9. The van der Waals surface area contributed by atoms with E-state index in [1.807, 2.05) is 6.92 Å². The molecule has 9 heteroatoms. The van der Waals surface area contributed by atoms with Gasteiger partial charge in [-0.15, -0.1) is 15.0 Å². The van der Waals surface area contributed by atoms with E-state index in [1.54, 1.807) is 12.2 Å². The molecule has 33 heavy (non-hydrogen) atoms. The molecule has 0 aliphatic carbocycles. The lowest BCUT2D eigenvalue weighted by Crippen LogP contribution is -2.32. The first-order chi connectivity index (χ1) is 15.5. The van der Waals surface area contributed by atoms with Crippen molar-refractivity contribution in [1.82, 2.24) is 15.0 Å². The molecule has 1 unspecified atom stereocenters. The number of aliphatic hydroxyl groups excluding tert-OH is 1. The first kappa shape index (κ1) is 24.1. The fourth-order valence-corrected chi connectivity index (χ4v) is 3.25. The molecule has 1 N–H and O–H groups in total. The van der Waals surface area contributed by atoms with Crippen molar-refractivity contribution >= 4 is 23.8 Å². The lowest BCUT2D eigenvalue weighted by molar-refractivity contribution is -0.137. The first-order valence-corrected chi connectivity index (χ1v) is 10.1. The number of allylic oxidation sites excluding steroid dienone is 1. The van der Waals surface area contributed by atoms with Crippen molar-refractivity contribution in [1.29, 1.82) is 0 Å². The Balaban J connectivity index is 2.14. The van der Waals surface area contributed by atoms with Crippen molar-refractivity contribution in [3.63, 3.8) is 0 Å². The van der Waals surface area contributed by atoms with Gasteiger partial charge < -0.3 is 9.84 Å². The molecule has 3 aromatic rings. The summed E-state index contributed by atoms with van der Waals surface area (Å²) in [4.78, 5) is 1.28. The van der Waals surface area contributed by atoms with Crippen LogP contribution in [0.25, 0.3) is 17.8 Å². The predicted molar refractivity (Wildman–Crippen MR) is 122 cm³/mol. The molecule has 0 aliphatic rings. The molecule has 1 aromatic heterocycles. The SMILES string of the molecule is C=Cc1nn(-c2cc(Cl)ccc2OC(C)(C(=C)O)c2cccc(C(F)(F)F)c2)nc1/C=C\C. The molecular formula is C24H21ClF3N3O2. The average Bonchev–Trinajstić information content (AvgIpc) is 3.17. The molecule has 2 aromatic carbocycles. The Labute approximate surface area is 194 Å². The highest BCUT2D eigenvalue weighted by Gasteiger charge is 2.37. The maximum Gasteiger partial charge on any atom is 0.416 e. The minimum Gasteiger partial charge on any atom is -0.508 e. The van der Waals surface area contributed by atoms with Crippen LogP contribution in [-0.2, 0) is 11.8 Å². The van der Waals surface area contributed by atoms with Crippen LogP contribution in [0.1, 0.15) is 36.4 Å². The number of benzene rings is 2. The summed E-state index contributed by atoms with van der Waals surface area (Å²) in [7, 11) is 0. The van der Waals surface area contributed by atoms with Gasteiger partial charge in [-0.25, -0.2) is 0 Å². The predicted octanol–water partition coefficient (Wildman–Crippen LogP) is 6.98. The zero-order valence-electron chi connectivity index (χ0n) is 17.9. The Morgan fingerprint density at radius 3 is 2.39 bits per heavy atom. The van der Waals surface area contributed by atoms with E-state index in [-0.39, 0.29) is 11.3 Å². The molecule has 0 saturated carbocycles. The second-order valence-corrected chi connectivity index (χ2v) is 7.67.